The number of carbonyl (C=O) groups excluding carboxylic acids is 1. The van der Waals surface area contributed by atoms with E-state index >= 15 is 0 Å². The maximum atomic E-state index is 13.1. The zero-order valence-electron chi connectivity index (χ0n) is 12.9. The van der Waals surface area contributed by atoms with Gasteiger partial charge in [0.05, 0.1) is 0 Å². The largest absolute Gasteiger partial charge is 0.299 e. The molecule has 0 N–H and O–H groups in total. The van der Waals surface area contributed by atoms with Crippen LogP contribution in [0.25, 0.3) is 0 Å². The van der Waals surface area contributed by atoms with Gasteiger partial charge in [0.25, 0.3) is 0 Å². The van der Waals surface area contributed by atoms with E-state index < -0.39 is 0 Å². The van der Waals surface area contributed by atoms with Crippen LogP contribution in [0.2, 0.25) is 0 Å². The highest BCUT2D eigenvalue weighted by Gasteiger charge is 2.17. The van der Waals surface area contributed by atoms with Crippen LogP contribution >= 0.6 is 0 Å². The molecule has 0 aliphatic carbocycles. The van der Waals surface area contributed by atoms with Gasteiger partial charge < -0.3 is 0 Å². The first-order valence-corrected chi connectivity index (χ1v) is 7.51. The Morgan fingerprint density at radius 2 is 1.27 bits per heavy atom. The van der Waals surface area contributed by atoms with Crippen molar-refractivity contribution in [3.8, 4) is 0 Å². The van der Waals surface area contributed by atoms with E-state index in [-0.39, 0.29) is 29.3 Å². The van der Waals surface area contributed by atoms with Crippen LogP contribution in [0.4, 0.5) is 8.78 Å². The summed E-state index contributed by atoms with van der Waals surface area (Å²) in [6.45, 7) is 3.76. The van der Waals surface area contributed by atoms with E-state index in [2.05, 4.69) is 0 Å². The van der Waals surface area contributed by atoms with Crippen molar-refractivity contribution < 1.29 is 13.6 Å². The number of hydrogen-bond acceptors (Lipinski definition) is 1. The standard InChI is InChI=1S/C19H20F2O/c1-13(2)19(22)12-11-18(14-3-7-16(20)8-4-14)15-5-9-17(21)10-6-15/h3-10,13,18H,11-12H2,1-2H3. The lowest BCUT2D eigenvalue weighted by Crippen LogP contribution is -2.10. The van der Waals surface area contributed by atoms with Crippen molar-refractivity contribution in [2.75, 3.05) is 0 Å². The smallest absolute Gasteiger partial charge is 0.135 e. The summed E-state index contributed by atoms with van der Waals surface area (Å²) in [4.78, 5) is 11.9. The molecule has 0 amide bonds. The number of ketones is 1. The minimum Gasteiger partial charge on any atom is -0.299 e. The Balaban J connectivity index is 2.25. The molecule has 0 atom stereocenters. The normalized spacial score (nSPS) is 11.2. The van der Waals surface area contributed by atoms with Gasteiger partial charge in [0.15, 0.2) is 0 Å². The number of Topliss-reactive ketones (excluding diaryl/α,β-unsaturated/α-hetero) is 1. The minimum atomic E-state index is -0.292. The third kappa shape index (κ3) is 4.23. The molecule has 0 heterocycles. The Labute approximate surface area is 130 Å². The molecule has 0 saturated heterocycles. The predicted octanol–water partition coefficient (Wildman–Crippen LogP) is 5.10. The highest BCUT2D eigenvalue weighted by Crippen LogP contribution is 2.30. The summed E-state index contributed by atoms with van der Waals surface area (Å²) < 4.78 is 26.2. The van der Waals surface area contributed by atoms with Gasteiger partial charge in [-0.05, 0) is 41.8 Å². The number of rotatable bonds is 6. The van der Waals surface area contributed by atoms with Crippen LogP contribution in [-0.2, 0) is 4.79 Å². The average molecular weight is 302 g/mol. The summed E-state index contributed by atoms with van der Waals surface area (Å²) in [6.07, 6.45) is 1.09. The molecule has 116 valence electrons. The summed E-state index contributed by atoms with van der Waals surface area (Å²) in [6, 6.07) is 12.6. The molecule has 3 heteroatoms. The van der Waals surface area contributed by atoms with E-state index in [4.69, 9.17) is 0 Å². The Morgan fingerprint density at radius 1 is 0.864 bits per heavy atom. The Bertz CT molecular complexity index is 569. The molecule has 0 aliphatic heterocycles. The van der Waals surface area contributed by atoms with Crippen LogP contribution < -0.4 is 0 Å². The van der Waals surface area contributed by atoms with E-state index in [1.54, 1.807) is 24.3 Å². The van der Waals surface area contributed by atoms with Gasteiger partial charge in [0.2, 0.25) is 0 Å². The fourth-order valence-corrected chi connectivity index (χ4v) is 2.49. The van der Waals surface area contributed by atoms with Gasteiger partial charge in [-0.1, -0.05) is 38.1 Å². The van der Waals surface area contributed by atoms with Crippen LogP contribution in [0.3, 0.4) is 0 Å². The molecule has 0 aliphatic rings. The van der Waals surface area contributed by atoms with Gasteiger partial charge in [-0.25, -0.2) is 8.78 Å². The summed E-state index contributed by atoms with van der Waals surface area (Å²) >= 11 is 0. The first kappa shape index (κ1) is 16.3. The van der Waals surface area contributed by atoms with Gasteiger partial charge in [-0.15, -0.1) is 0 Å². The van der Waals surface area contributed by atoms with Crippen LogP contribution in [0.5, 0.6) is 0 Å². The molecular formula is C19H20F2O. The fourth-order valence-electron chi connectivity index (χ4n) is 2.49. The highest BCUT2D eigenvalue weighted by atomic mass is 19.1. The molecule has 0 spiro atoms. The maximum absolute atomic E-state index is 13.1. The highest BCUT2D eigenvalue weighted by molar-refractivity contribution is 5.80. The van der Waals surface area contributed by atoms with Crippen molar-refractivity contribution in [1.29, 1.82) is 0 Å². The lowest BCUT2D eigenvalue weighted by molar-refractivity contribution is -0.122. The van der Waals surface area contributed by atoms with Crippen LogP contribution in [0.15, 0.2) is 48.5 Å². The van der Waals surface area contributed by atoms with Crippen molar-refractivity contribution in [3.63, 3.8) is 0 Å². The fraction of sp³-hybridized carbons (Fsp3) is 0.316. The maximum Gasteiger partial charge on any atom is 0.135 e. The van der Waals surface area contributed by atoms with E-state index in [9.17, 15) is 13.6 Å². The number of halogens is 2. The molecule has 0 fully saturated rings. The second-order valence-electron chi connectivity index (χ2n) is 5.82. The van der Waals surface area contributed by atoms with Crippen LogP contribution in [0.1, 0.15) is 43.7 Å². The topological polar surface area (TPSA) is 17.1 Å². The van der Waals surface area contributed by atoms with Crippen molar-refractivity contribution >= 4 is 5.78 Å². The second-order valence-corrected chi connectivity index (χ2v) is 5.82. The van der Waals surface area contributed by atoms with Crippen molar-refractivity contribution in [2.24, 2.45) is 5.92 Å². The Kier molecular flexibility index (Phi) is 5.42. The Hall–Kier alpha value is -2.03. The molecule has 0 bridgehead atoms. The summed E-state index contributed by atoms with van der Waals surface area (Å²) in [5, 5.41) is 0. The Morgan fingerprint density at radius 3 is 1.64 bits per heavy atom. The monoisotopic (exact) mass is 302 g/mol. The third-order valence-electron chi connectivity index (χ3n) is 3.87. The molecule has 1 nitrogen and oxygen atoms in total. The van der Waals surface area contributed by atoms with E-state index in [0.717, 1.165) is 11.1 Å². The molecule has 2 rings (SSSR count). The van der Waals surface area contributed by atoms with Crippen molar-refractivity contribution in [3.05, 3.63) is 71.3 Å². The molecule has 0 saturated carbocycles. The minimum absolute atomic E-state index is 0.00193. The number of hydrogen-bond donors (Lipinski definition) is 0. The van der Waals surface area contributed by atoms with Crippen LogP contribution in [0, 0.1) is 17.6 Å². The van der Waals surface area contributed by atoms with Gasteiger partial charge in [-0.2, -0.15) is 0 Å². The van der Waals surface area contributed by atoms with E-state index in [0.29, 0.717) is 12.8 Å². The van der Waals surface area contributed by atoms with Gasteiger partial charge in [0, 0.05) is 18.3 Å². The molecule has 22 heavy (non-hydrogen) atoms. The lowest BCUT2D eigenvalue weighted by Gasteiger charge is -2.18. The van der Waals surface area contributed by atoms with Gasteiger partial charge >= 0.3 is 0 Å². The first-order valence-electron chi connectivity index (χ1n) is 7.51. The SMILES string of the molecule is CC(C)C(=O)CCC(c1ccc(F)cc1)c1ccc(F)cc1. The lowest BCUT2D eigenvalue weighted by atomic mass is 9.86. The molecule has 0 radical (unpaired) electrons. The van der Waals surface area contributed by atoms with Gasteiger partial charge in [-0.3, -0.25) is 4.79 Å². The van der Waals surface area contributed by atoms with Crippen molar-refractivity contribution in [1.82, 2.24) is 0 Å². The van der Waals surface area contributed by atoms with E-state index in [1.807, 2.05) is 13.8 Å². The predicted molar refractivity (Wildman–Crippen MR) is 83.7 cm³/mol. The zero-order chi connectivity index (χ0) is 16.1. The average Bonchev–Trinajstić information content (AvgIpc) is 2.50. The zero-order valence-corrected chi connectivity index (χ0v) is 12.9. The summed E-state index contributed by atoms with van der Waals surface area (Å²) in [5.74, 6) is -0.417. The van der Waals surface area contributed by atoms with Crippen molar-refractivity contribution in [2.45, 2.75) is 32.6 Å². The third-order valence-corrected chi connectivity index (χ3v) is 3.87. The summed E-state index contributed by atoms with van der Waals surface area (Å²) in [5.41, 5.74) is 1.87. The van der Waals surface area contributed by atoms with E-state index in [1.165, 1.54) is 24.3 Å². The molecule has 2 aromatic carbocycles. The number of benzene rings is 2. The van der Waals surface area contributed by atoms with Crippen LogP contribution in [-0.4, -0.2) is 5.78 Å². The quantitative estimate of drug-likeness (QED) is 0.725. The molecule has 2 aromatic rings. The van der Waals surface area contributed by atoms with Gasteiger partial charge in [0.1, 0.15) is 17.4 Å². The number of carbonyl (C=O) groups is 1. The first-order chi connectivity index (χ1) is 10.5. The molecular weight excluding hydrogens is 282 g/mol. The summed E-state index contributed by atoms with van der Waals surface area (Å²) in [7, 11) is 0. The molecule has 0 aromatic heterocycles. The second kappa shape index (κ2) is 7.30. The molecule has 0 unspecified atom stereocenters.